The maximum Gasteiger partial charge on any atom is 0.267 e. The molecule has 0 aromatic carbocycles. The van der Waals surface area contributed by atoms with E-state index in [1.54, 1.807) is 6.92 Å². The third-order valence-corrected chi connectivity index (χ3v) is 4.02. The monoisotopic (exact) mass is 312 g/mol. The van der Waals surface area contributed by atoms with E-state index in [0.717, 1.165) is 0 Å². The van der Waals surface area contributed by atoms with Crippen molar-refractivity contribution in [3.05, 3.63) is 0 Å². The molecule has 0 aliphatic carbocycles. The molecule has 0 aliphatic heterocycles. The molecule has 0 aliphatic rings. The van der Waals surface area contributed by atoms with Crippen molar-refractivity contribution in [3.8, 4) is 0 Å². The van der Waals surface area contributed by atoms with Gasteiger partial charge >= 0.3 is 0 Å². The van der Waals surface area contributed by atoms with Crippen LogP contribution >= 0.6 is 23.3 Å². The van der Waals surface area contributed by atoms with Crippen molar-refractivity contribution in [1.29, 1.82) is 0 Å². The fraction of sp³-hybridized carbons (Fsp3) is 1.00. The quantitative estimate of drug-likeness (QED) is 0.332. The summed E-state index contributed by atoms with van der Waals surface area (Å²) >= 11 is 6.44. The highest BCUT2D eigenvalue weighted by Gasteiger charge is 2.21. The highest BCUT2D eigenvalue weighted by molar-refractivity contribution is 8.59. The van der Waals surface area contributed by atoms with E-state index in [-0.39, 0.29) is 19.3 Å². The molecule has 0 saturated heterocycles. The van der Waals surface area contributed by atoms with Gasteiger partial charge in [0, 0.05) is 0 Å². The zero-order valence-corrected chi connectivity index (χ0v) is 12.1. The summed E-state index contributed by atoms with van der Waals surface area (Å²) in [5.41, 5.74) is 0. The third-order valence-electron chi connectivity index (χ3n) is 1.80. The maximum atomic E-state index is 10.7. The van der Waals surface area contributed by atoms with E-state index in [4.69, 9.17) is 9.11 Å². The lowest BCUT2D eigenvalue weighted by atomic mass is 10.2. The molecule has 2 N–H and O–H groups in total. The van der Waals surface area contributed by atoms with Crippen LogP contribution in [0.5, 0.6) is 0 Å². The van der Waals surface area contributed by atoms with Crippen molar-refractivity contribution in [3.63, 3.8) is 0 Å². The Balaban J connectivity index is 0. The van der Waals surface area contributed by atoms with Gasteiger partial charge in [-0.15, -0.1) is 23.3 Å². The third kappa shape index (κ3) is 11.0. The topological polar surface area (TPSA) is 109 Å². The van der Waals surface area contributed by atoms with Crippen LogP contribution in [0.2, 0.25) is 0 Å². The molecule has 0 fully saturated rings. The molecule has 100 valence electrons. The highest BCUT2D eigenvalue weighted by atomic mass is 33.1. The molecule has 0 amide bonds. The lowest BCUT2D eigenvalue weighted by molar-refractivity contribution is 0.453. The zero-order chi connectivity index (χ0) is 13.4. The van der Waals surface area contributed by atoms with Crippen LogP contribution in [0.4, 0.5) is 0 Å². The molecule has 0 spiro atoms. The van der Waals surface area contributed by atoms with Gasteiger partial charge < -0.3 is 0 Å². The van der Waals surface area contributed by atoms with Gasteiger partial charge in [0.05, 0.1) is 11.0 Å². The van der Waals surface area contributed by atoms with Gasteiger partial charge in [0.25, 0.3) is 20.2 Å². The molecule has 6 nitrogen and oxygen atoms in total. The fourth-order valence-electron chi connectivity index (χ4n) is 1.06. The molecule has 0 heterocycles. The summed E-state index contributed by atoms with van der Waals surface area (Å²) in [5.74, 6) is -0.487. The molecule has 0 radical (unpaired) electrons. The summed E-state index contributed by atoms with van der Waals surface area (Å²) in [6, 6.07) is 0. The summed E-state index contributed by atoms with van der Waals surface area (Å²) in [7, 11) is -8.16. The van der Waals surface area contributed by atoms with Gasteiger partial charge in [0.15, 0.2) is 0 Å². The first-order valence-electron chi connectivity index (χ1n) is 4.28. The Morgan fingerprint density at radius 2 is 1.56 bits per heavy atom. The predicted octanol–water partition coefficient (Wildman–Crippen LogP) is 1.08. The first-order valence-corrected chi connectivity index (χ1v) is 8.99. The SMILES string of the molecule is CCC(CCCS(=O)(=O)O)S(=O)(=O)O.SS. The van der Waals surface area contributed by atoms with Gasteiger partial charge in [0.1, 0.15) is 0 Å². The van der Waals surface area contributed by atoms with Crippen LogP contribution in [0.25, 0.3) is 0 Å². The van der Waals surface area contributed by atoms with Gasteiger partial charge in [-0.25, -0.2) is 0 Å². The average molecular weight is 312 g/mol. The first-order chi connectivity index (χ1) is 7.17. The molecule has 0 aromatic rings. The molecular weight excluding hydrogens is 296 g/mol. The van der Waals surface area contributed by atoms with Gasteiger partial charge in [-0.3, -0.25) is 9.11 Å². The van der Waals surface area contributed by atoms with E-state index in [2.05, 4.69) is 23.3 Å². The van der Waals surface area contributed by atoms with E-state index in [9.17, 15) is 16.8 Å². The van der Waals surface area contributed by atoms with Crippen molar-refractivity contribution < 1.29 is 25.9 Å². The Labute approximate surface area is 107 Å². The summed E-state index contributed by atoms with van der Waals surface area (Å²) < 4.78 is 58.9. The van der Waals surface area contributed by atoms with Crippen LogP contribution < -0.4 is 0 Å². The average Bonchev–Trinajstić information content (AvgIpc) is 2.12. The number of rotatable bonds is 6. The van der Waals surface area contributed by atoms with Crippen LogP contribution in [0.15, 0.2) is 0 Å². The minimum atomic E-state index is -4.11. The summed E-state index contributed by atoms with van der Waals surface area (Å²) in [5, 5.41) is -0.954. The maximum absolute atomic E-state index is 10.7. The Morgan fingerprint density at radius 1 is 1.12 bits per heavy atom. The van der Waals surface area contributed by atoms with Crippen molar-refractivity contribution in [1.82, 2.24) is 0 Å². The molecule has 0 bridgehead atoms. The van der Waals surface area contributed by atoms with Gasteiger partial charge in [0.2, 0.25) is 0 Å². The normalized spacial score (nSPS) is 13.8. The largest absolute Gasteiger partial charge is 0.286 e. The van der Waals surface area contributed by atoms with E-state index >= 15 is 0 Å². The minimum Gasteiger partial charge on any atom is -0.286 e. The smallest absolute Gasteiger partial charge is 0.267 e. The van der Waals surface area contributed by atoms with Crippen molar-refractivity contribution in [2.75, 3.05) is 5.75 Å². The van der Waals surface area contributed by atoms with E-state index in [1.165, 1.54) is 0 Å². The second kappa shape index (κ2) is 8.59. The van der Waals surface area contributed by atoms with Gasteiger partial charge in [-0.05, 0) is 19.3 Å². The molecule has 1 unspecified atom stereocenters. The van der Waals surface area contributed by atoms with E-state index in [0.29, 0.717) is 0 Å². The Kier molecular flexibility index (Phi) is 10.1. The lowest BCUT2D eigenvalue weighted by Crippen LogP contribution is -2.20. The van der Waals surface area contributed by atoms with Crippen molar-refractivity contribution >= 4 is 43.6 Å². The standard InChI is InChI=1S/C6H14O6S2.H2S2/c1-2-6(14(10,11)12)4-3-5-13(7,8)9;1-2/h6H,2-5H2,1H3,(H,7,8,9)(H,10,11,12);1-2H. The molecular formula is C6H16O6S4. The molecule has 0 saturated carbocycles. The van der Waals surface area contributed by atoms with Crippen LogP contribution in [0.1, 0.15) is 26.2 Å². The number of thiol groups is 2. The molecule has 0 aromatic heterocycles. The van der Waals surface area contributed by atoms with Crippen LogP contribution in [0, 0.1) is 0 Å². The lowest BCUT2D eigenvalue weighted by Gasteiger charge is -2.09. The second-order valence-corrected chi connectivity index (χ2v) is 6.24. The van der Waals surface area contributed by atoms with E-state index < -0.39 is 31.2 Å². The molecule has 1 atom stereocenters. The summed E-state index contributed by atoms with van der Waals surface area (Å²) in [6.07, 6.45) is 0.247. The van der Waals surface area contributed by atoms with Crippen LogP contribution in [-0.4, -0.2) is 36.9 Å². The minimum absolute atomic E-state index is 0.0110. The molecule has 0 rings (SSSR count). The fourth-order valence-corrected chi connectivity index (χ4v) is 2.47. The molecule has 16 heavy (non-hydrogen) atoms. The Bertz CT molecular complexity index is 358. The van der Waals surface area contributed by atoms with Gasteiger partial charge in [-0.1, -0.05) is 6.92 Å². The van der Waals surface area contributed by atoms with E-state index in [1.807, 2.05) is 0 Å². The Hall–Kier alpha value is 0.520. The number of hydrogen-bond donors (Lipinski definition) is 4. The molecule has 10 heteroatoms. The van der Waals surface area contributed by atoms with Crippen LogP contribution in [0.3, 0.4) is 0 Å². The highest BCUT2D eigenvalue weighted by Crippen LogP contribution is 2.11. The predicted molar refractivity (Wildman–Crippen MR) is 69.2 cm³/mol. The van der Waals surface area contributed by atoms with Gasteiger partial charge in [-0.2, -0.15) is 16.8 Å². The first kappa shape index (κ1) is 18.9. The number of hydrogen-bond acceptors (Lipinski definition) is 6. The van der Waals surface area contributed by atoms with Crippen molar-refractivity contribution in [2.24, 2.45) is 0 Å². The summed E-state index contributed by atoms with van der Waals surface area (Å²) in [6.45, 7) is 1.58. The second-order valence-electron chi connectivity index (χ2n) is 2.97. The van der Waals surface area contributed by atoms with Crippen molar-refractivity contribution in [2.45, 2.75) is 31.4 Å². The summed E-state index contributed by atoms with van der Waals surface area (Å²) in [4.78, 5) is 0. The zero-order valence-electron chi connectivity index (χ0n) is 8.64. The Morgan fingerprint density at radius 3 is 1.81 bits per heavy atom. The van der Waals surface area contributed by atoms with Crippen LogP contribution in [-0.2, 0) is 20.2 Å².